The molecule has 1 heterocycles. The average molecular weight is 403 g/mol. The van der Waals surface area contributed by atoms with Crippen LogP contribution < -0.4 is 10.0 Å². The minimum absolute atomic E-state index is 0.0940. The fourth-order valence-electron chi connectivity index (χ4n) is 3.35. The van der Waals surface area contributed by atoms with Crippen molar-refractivity contribution in [3.05, 3.63) is 60.1 Å². The Bertz CT molecular complexity index is 902. The molecule has 0 unspecified atom stereocenters. The van der Waals surface area contributed by atoms with Gasteiger partial charge in [-0.15, -0.1) is 0 Å². The molecule has 150 valence electrons. The molecule has 2 N–H and O–H groups in total. The Balaban J connectivity index is 1.55. The van der Waals surface area contributed by atoms with Crippen LogP contribution >= 0.6 is 0 Å². The lowest BCUT2D eigenvalue weighted by molar-refractivity contribution is -0.117. The lowest BCUT2D eigenvalue weighted by Crippen LogP contribution is -2.40. The second-order valence-electron chi connectivity index (χ2n) is 7.18. The van der Waals surface area contributed by atoms with Crippen molar-refractivity contribution in [1.82, 2.24) is 10.0 Å². The van der Waals surface area contributed by atoms with Gasteiger partial charge in [0.05, 0.1) is 17.7 Å². The molecule has 2 atom stereocenters. The number of carbonyl (C=O) groups excluding carboxylic acids is 1. The topological polar surface area (TPSA) is 88.4 Å². The summed E-state index contributed by atoms with van der Waals surface area (Å²) in [6.07, 6.45) is 9.25. The third-order valence-corrected chi connectivity index (χ3v) is 6.49. The Morgan fingerprint density at radius 3 is 2.61 bits per heavy atom. The van der Waals surface area contributed by atoms with Crippen molar-refractivity contribution >= 4 is 22.0 Å². The van der Waals surface area contributed by atoms with E-state index < -0.39 is 10.0 Å². The maximum absolute atomic E-state index is 12.3. The zero-order chi connectivity index (χ0) is 20.0. The van der Waals surface area contributed by atoms with Crippen LogP contribution in [0.1, 0.15) is 43.9 Å². The number of sulfonamides is 1. The van der Waals surface area contributed by atoms with Gasteiger partial charge in [0, 0.05) is 12.1 Å². The molecule has 1 aromatic carbocycles. The first kappa shape index (κ1) is 20.4. The molecule has 1 aliphatic carbocycles. The first-order valence-electron chi connectivity index (χ1n) is 9.55. The van der Waals surface area contributed by atoms with Crippen LogP contribution in [-0.2, 0) is 21.4 Å². The van der Waals surface area contributed by atoms with E-state index in [9.17, 15) is 13.2 Å². The van der Waals surface area contributed by atoms with Crippen molar-refractivity contribution in [1.29, 1.82) is 0 Å². The molecule has 28 heavy (non-hydrogen) atoms. The summed E-state index contributed by atoms with van der Waals surface area (Å²) in [7, 11) is -3.62. The standard InChI is InChI=1S/C21H26N2O4S/c1-16-5-2-3-7-20(16)23-21(24)13-10-17-8-11-19(12-9-17)28(25,26)22-15-18-6-4-14-27-18/h4,6,8-14,16,20,22H,2-3,5,7,15H2,1H3,(H,23,24)/b13-10+/t16-,20+/m1/s1. The SMILES string of the molecule is C[C@@H]1CCCC[C@@H]1NC(=O)/C=C/c1ccc(S(=O)(=O)NCc2ccco2)cc1. The van der Waals surface area contributed by atoms with Crippen molar-refractivity contribution in [2.75, 3.05) is 0 Å². The van der Waals surface area contributed by atoms with Crippen molar-refractivity contribution in [3.63, 3.8) is 0 Å². The summed E-state index contributed by atoms with van der Waals surface area (Å²) >= 11 is 0. The highest BCUT2D eigenvalue weighted by Gasteiger charge is 2.21. The number of carbonyl (C=O) groups is 1. The number of rotatable bonds is 7. The molecule has 0 spiro atoms. The monoisotopic (exact) mass is 402 g/mol. The second-order valence-corrected chi connectivity index (χ2v) is 8.95. The van der Waals surface area contributed by atoms with Crippen LogP contribution in [0.4, 0.5) is 0 Å². The van der Waals surface area contributed by atoms with Gasteiger partial charge in [-0.25, -0.2) is 13.1 Å². The molecule has 0 radical (unpaired) electrons. The Labute approximate surface area is 166 Å². The fraction of sp³-hybridized carbons (Fsp3) is 0.381. The van der Waals surface area contributed by atoms with Crippen molar-refractivity contribution in [3.8, 4) is 0 Å². The first-order valence-corrected chi connectivity index (χ1v) is 11.0. The van der Waals surface area contributed by atoms with E-state index in [0.717, 1.165) is 24.8 Å². The Hall–Kier alpha value is -2.38. The Morgan fingerprint density at radius 2 is 1.93 bits per heavy atom. The van der Waals surface area contributed by atoms with E-state index in [1.54, 1.807) is 30.3 Å². The largest absolute Gasteiger partial charge is 0.468 e. The first-order chi connectivity index (χ1) is 13.4. The normalized spacial score (nSPS) is 20.3. The molecule has 1 fully saturated rings. The zero-order valence-electron chi connectivity index (χ0n) is 15.9. The van der Waals surface area contributed by atoms with E-state index >= 15 is 0 Å². The van der Waals surface area contributed by atoms with Gasteiger partial charge in [0.1, 0.15) is 5.76 Å². The molecular formula is C21H26N2O4S. The van der Waals surface area contributed by atoms with Crippen LogP contribution in [0.3, 0.4) is 0 Å². The van der Waals surface area contributed by atoms with Crippen molar-refractivity contribution < 1.29 is 17.6 Å². The third-order valence-electron chi connectivity index (χ3n) is 5.07. The third kappa shape index (κ3) is 5.56. The van der Waals surface area contributed by atoms with E-state index in [-0.39, 0.29) is 23.4 Å². The molecule has 1 amide bonds. The van der Waals surface area contributed by atoms with Crippen molar-refractivity contribution in [2.45, 2.75) is 50.1 Å². The van der Waals surface area contributed by atoms with Gasteiger partial charge in [-0.3, -0.25) is 4.79 Å². The predicted molar refractivity (Wildman–Crippen MR) is 108 cm³/mol. The minimum atomic E-state index is -3.62. The number of benzene rings is 1. The Kier molecular flexibility index (Phi) is 6.70. The number of nitrogens with one attached hydrogen (secondary N) is 2. The minimum Gasteiger partial charge on any atom is -0.468 e. The van der Waals surface area contributed by atoms with Crippen LogP contribution in [0.2, 0.25) is 0 Å². The molecule has 2 aromatic rings. The molecule has 3 rings (SSSR count). The molecule has 1 aromatic heterocycles. The van der Waals surface area contributed by atoms with E-state index in [1.165, 1.54) is 30.9 Å². The molecule has 6 nitrogen and oxygen atoms in total. The summed E-state index contributed by atoms with van der Waals surface area (Å²) < 4.78 is 32.3. The molecular weight excluding hydrogens is 376 g/mol. The van der Waals surface area contributed by atoms with Crippen LogP contribution in [0.15, 0.2) is 58.1 Å². The maximum atomic E-state index is 12.3. The summed E-state index contributed by atoms with van der Waals surface area (Å²) in [6, 6.07) is 10.0. The summed E-state index contributed by atoms with van der Waals surface area (Å²) in [5.41, 5.74) is 0.761. The van der Waals surface area contributed by atoms with E-state index in [0.29, 0.717) is 11.7 Å². The lowest BCUT2D eigenvalue weighted by Gasteiger charge is -2.29. The van der Waals surface area contributed by atoms with Crippen LogP contribution in [-0.4, -0.2) is 20.4 Å². The summed E-state index contributed by atoms with van der Waals surface area (Å²) in [5.74, 6) is 0.932. The number of furan rings is 1. The van der Waals surface area contributed by atoms with E-state index in [1.807, 2.05) is 0 Å². The van der Waals surface area contributed by atoms with Gasteiger partial charge < -0.3 is 9.73 Å². The molecule has 0 aliphatic heterocycles. The van der Waals surface area contributed by atoms with Crippen molar-refractivity contribution in [2.24, 2.45) is 5.92 Å². The lowest BCUT2D eigenvalue weighted by atomic mass is 9.86. The van der Waals surface area contributed by atoms with E-state index in [4.69, 9.17) is 4.42 Å². The fourth-order valence-corrected chi connectivity index (χ4v) is 4.35. The van der Waals surface area contributed by atoms with Crippen LogP contribution in [0.5, 0.6) is 0 Å². The van der Waals surface area contributed by atoms with E-state index in [2.05, 4.69) is 17.0 Å². The number of hydrogen-bond acceptors (Lipinski definition) is 4. The van der Waals surface area contributed by atoms with Crippen LogP contribution in [0.25, 0.3) is 6.08 Å². The second kappa shape index (κ2) is 9.21. The van der Waals surface area contributed by atoms with Gasteiger partial charge in [-0.2, -0.15) is 0 Å². The molecule has 1 saturated carbocycles. The van der Waals surface area contributed by atoms with Gasteiger partial charge in [-0.05, 0) is 54.7 Å². The molecule has 1 aliphatic rings. The summed E-state index contributed by atoms with van der Waals surface area (Å²) in [5, 5.41) is 3.06. The zero-order valence-corrected chi connectivity index (χ0v) is 16.7. The van der Waals surface area contributed by atoms with Gasteiger partial charge in [0.15, 0.2) is 0 Å². The number of hydrogen-bond donors (Lipinski definition) is 2. The Morgan fingerprint density at radius 1 is 1.18 bits per heavy atom. The average Bonchev–Trinajstić information content (AvgIpc) is 3.21. The van der Waals surface area contributed by atoms with Gasteiger partial charge in [0.25, 0.3) is 0 Å². The molecule has 7 heteroatoms. The summed E-state index contributed by atoms with van der Waals surface area (Å²) in [4.78, 5) is 12.3. The quantitative estimate of drug-likeness (QED) is 0.694. The van der Waals surface area contributed by atoms with Gasteiger partial charge in [0.2, 0.25) is 15.9 Å². The highest BCUT2D eigenvalue weighted by Crippen LogP contribution is 2.23. The van der Waals surface area contributed by atoms with Crippen LogP contribution in [0, 0.1) is 5.92 Å². The smallest absolute Gasteiger partial charge is 0.244 e. The predicted octanol–water partition coefficient (Wildman–Crippen LogP) is 3.47. The highest BCUT2D eigenvalue weighted by molar-refractivity contribution is 7.89. The molecule has 0 saturated heterocycles. The summed E-state index contributed by atoms with van der Waals surface area (Å²) in [6.45, 7) is 2.27. The highest BCUT2D eigenvalue weighted by atomic mass is 32.2. The maximum Gasteiger partial charge on any atom is 0.244 e. The number of amides is 1. The van der Waals surface area contributed by atoms with Gasteiger partial charge >= 0.3 is 0 Å². The molecule has 0 bridgehead atoms. The van der Waals surface area contributed by atoms with Gasteiger partial charge in [-0.1, -0.05) is 31.9 Å².